The number of aromatic nitrogens is 7. The molecule has 2 aliphatic heterocycles. The van der Waals surface area contributed by atoms with Crippen molar-refractivity contribution in [2.75, 3.05) is 26.4 Å². The van der Waals surface area contributed by atoms with Crippen LogP contribution in [0.15, 0.2) is 81.1 Å². The number of hydrogen-bond acceptors (Lipinski definition) is 8. The number of rotatable bonds is 9. The van der Waals surface area contributed by atoms with Crippen LogP contribution < -0.4 is 16.8 Å². The summed E-state index contributed by atoms with van der Waals surface area (Å²) in [5.41, 5.74) is 5.74. The van der Waals surface area contributed by atoms with Crippen LogP contribution in [-0.2, 0) is 27.7 Å². The molecule has 7 aromatic rings. The number of carbonyl (C=O) groups excluding carboxylic acids is 1. The number of H-pyrrole nitrogens is 1. The first-order chi connectivity index (χ1) is 31.4. The van der Waals surface area contributed by atoms with Crippen molar-refractivity contribution in [2.45, 2.75) is 110 Å². The van der Waals surface area contributed by atoms with Crippen LogP contribution in [0.4, 0.5) is 4.39 Å². The molecule has 0 bridgehead atoms. The fourth-order valence-corrected chi connectivity index (χ4v) is 12.2. The number of amides is 1. The first-order valence-electron chi connectivity index (χ1n) is 23.0. The maximum absolute atomic E-state index is 15.4. The highest BCUT2D eigenvalue weighted by molar-refractivity contribution is 7.72. The molecule has 6 heterocycles. The number of benzene rings is 3. The standard InChI is InChI=1S/C50H56FN8O6P/c1-9-32-27-36(11-13-41(32)66(8,63)49(5,6)7)56-20-21-57(48(56)62)44-42-31(4)55(19-14-38(42)53-59(44)37-24-29(2)43(51)30(3)25-37)45(60)40-28-35-26-34(33-15-22-64-23-16-33)10-12-39(35)58(40)50(17-18-50)46-52-47(61)65-54-46/h10-13,20-21,24-28,31,33H,9,14-19,22-23H2,1-8H3,(H,52,54,61). The number of fused-ring (bicyclic) bond motifs is 2. The van der Waals surface area contributed by atoms with E-state index in [1.807, 2.05) is 75.0 Å². The third-order valence-corrected chi connectivity index (χ3v) is 18.5. The van der Waals surface area contributed by atoms with Crippen LogP contribution >= 0.6 is 7.14 Å². The first-order valence-corrected chi connectivity index (χ1v) is 25.1. The Kier molecular flexibility index (Phi) is 10.5. The second-order valence-corrected chi connectivity index (χ2v) is 23.2. The maximum Gasteiger partial charge on any atom is 0.438 e. The molecule has 344 valence electrons. The van der Waals surface area contributed by atoms with Crippen molar-refractivity contribution in [2.24, 2.45) is 0 Å². The van der Waals surface area contributed by atoms with Gasteiger partial charge in [0.2, 0.25) is 0 Å². The van der Waals surface area contributed by atoms with E-state index in [9.17, 15) is 14.2 Å². The first kappa shape index (κ1) is 43.8. The Morgan fingerprint density at radius 3 is 2.33 bits per heavy atom. The molecule has 10 rings (SSSR count). The number of nitrogens with one attached hydrogen (secondary N) is 1. The van der Waals surface area contributed by atoms with Gasteiger partial charge in [0.1, 0.15) is 30.0 Å². The summed E-state index contributed by atoms with van der Waals surface area (Å²) in [6.45, 7) is 16.9. The van der Waals surface area contributed by atoms with Crippen LogP contribution in [0, 0.1) is 19.7 Å². The minimum atomic E-state index is -2.78. The third-order valence-electron chi connectivity index (χ3n) is 14.6. The number of halogens is 1. The Balaban J connectivity index is 1.10. The molecule has 66 heavy (non-hydrogen) atoms. The van der Waals surface area contributed by atoms with Crippen molar-refractivity contribution in [1.29, 1.82) is 0 Å². The average Bonchev–Trinajstić information content (AvgIpc) is 3.58. The number of aryl methyl sites for hydroxylation is 3. The molecule has 4 aromatic heterocycles. The molecule has 1 N–H and O–H groups in total. The molecule has 3 aromatic carbocycles. The second-order valence-electron chi connectivity index (χ2n) is 19.5. The van der Waals surface area contributed by atoms with Crippen molar-refractivity contribution in [1.82, 2.24) is 38.5 Å². The van der Waals surface area contributed by atoms with Crippen molar-refractivity contribution < 1.29 is 23.0 Å². The predicted molar refractivity (Wildman–Crippen MR) is 252 cm³/mol. The molecular weight excluding hydrogens is 859 g/mol. The lowest BCUT2D eigenvalue weighted by molar-refractivity contribution is 0.0664. The summed E-state index contributed by atoms with van der Waals surface area (Å²) in [5, 5.41) is 10.5. The number of aromatic amines is 1. The Labute approximate surface area is 381 Å². The third kappa shape index (κ3) is 6.91. The van der Waals surface area contributed by atoms with Crippen molar-refractivity contribution >= 4 is 29.3 Å². The summed E-state index contributed by atoms with van der Waals surface area (Å²) in [6, 6.07) is 16.9. The van der Waals surface area contributed by atoms with E-state index in [4.69, 9.17) is 14.4 Å². The SMILES string of the molecule is CCc1cc(-n2ccn(-c3c4c(nn3-c3cc(C)c(F)c(C)c3)CCN(C(=O)c3cc5cc(C6CCOCC6)ccc5n3C3(c5noc(=O)[nH]5)CC3)C4C)c2=O)ccc1P(C)(=O)C(C)(C)C. The quantitative estimate of drug-likeness (QED) is 0.142. The van der Waals surface area contributed by atoms with Gasteiger partial charge in [-0.15, -0.1) is 0 Å². The van der Waals surface area contributed by atoms with Crippen molar-refractivity contribution in [3.05, 3.63) is 139 Å². The fourth-order valence-electron chi connectivity index (χ4n) is 10.3. The Morgan fingerprint density at radius 1 is 0.970 bits per heavy atom. The topological polar surface area (TPSA) is 155 Å². The van der Waals surface area contributed by atoms with Crippen LogP contribution in [0.1, 0.15) is 122 Å². The maximum atomic E-state index is 15.4. The summed E-state index contributed by atoms with van der Waals surface area (Å²) in [4.78, 5) is 47.3. The number of ether oxygens (including phenoxy) is 1. The van der Waals surface area contributed by atoms with Gasteiger partial charge < -0.3 is 18.8 Å². The van der Waals surface area contributed by atoms with Gasteiger partial charge in [-0.1, -0.05) is 38.9 Å². The summed E-state index contributed by atoms with van der Waals surface area (Å²) in [7, 11) is -2.78. The molecule has 1 amide bonds. The van der Waals surface area contributed by atoms with Gasteiger partial charge in [0.15, 0.2) is 5.82 Å². The number of carbonyl (C=O) groups is 1. The molecule has 1 aliphatic carbocycles. The highest BCUT2D eigenvalue weighted by atomic mass is 31.2. The Bertz CT molecular complexity index is 3240. The predicted octanol–water partition coefficient (Wildman–Crippen LogP) is 8.37. The zero-order chi connectivity index (χ0) is 46.6. The highest BCUT2D eigenvalue weighted by Crippen LogP contribution is 2.54. The van der Waals surface area contributed by atoms with E-state index in [0.717, 1.165) is 40.3 Å². The Hall–Kier alpha value is -6.05. The summed E-state index contributed by atoms with van der Waals surface area (Å²) >= 11 is 0. The molecule has 0 radical (unpaired) electrons. The average molecular weight is 915 g/mol. The molecule has 1 saturated carbocycles. The molecule has 14 nitrogen and oxygen atoms in total. The number of nitrogens with zero attached hydrogens (tertiary/aromatic N) is 7. The lowest BCUT2D eigenvalue weighted by Crippen LogP contribution is -2.41. The van der Waals surface area contributed by atoms with Gasteiger partial charge in [0.25, 0.3) is 5.91 Å². The van der Waals surface area contributed by atoms with Crippen LogP contribution in [0.2, 0.25) is 0 Å². The molecule has 2 fully saturated rings. The van der Waals surface area contributed by atoms with E-state index in [1.165, 1.54) is 5.56 Å². The number of imidazole rings is 1. The van der Waals surface area contributed by atoms with E-state index in [-0.39, 0.29) is 17.4 Å². The van der Waals surface area contributed by atoms with Crippen LogP contribution in [0.5, 0.6) is 0 Å². The summed E-state index contributed by atoms with van der Waals surface area (Å²) in [6.07, 6.45) is 7.56. The molecule has 2 atom stereocenters. The van der Waals surface area contributed by atoms with Gasteiger partial charge in [-0.2, -0.15) is 5.10 Å². The lowest BCUT2D eigenvalue weighted by Gasteiger charge is -2.34. The second kappa shape index (κ2) is 15.8. The minimum absolute atomic E-state index is 0.221. The van der Waals surface area contributed by atoms with Gasteiger partial charge in [-0.3, -0.25) is 23.4 Å². The van der Waals surface area contributed by atoms with E-state index in [2.05, 4.69) is 28.3 Å². The molecule has 16 heteroatoms. The molecule has 2 unspecified atom stereocenters. The monoisotopic (exact) mass is 914 g/mol. The van der Waals surface area contributed by atoms with E-state index in [0.29, 0.717) is 96.8 Å². The van der Waals surface area contributed by atoms with E-state index in [1.54, 1.807) is 52.2 Å². The molecule has 3 aliphatic rings. The summed E-state index contributed by atoms with van der Waals surface area (Å²) < 4.78 is 46.9. The van der Waals surface area contributed by atoms with Crippen LogP contribution in [0.3, 0.4) is 0 Å². The van der Waals surface area contributed by atoms with Gasteiger partial charge in [0.05, 0.1) is 23.1 Å². The van der Waals surface area contributed by atoms with E-state index >= 15 is 9.18 Å². The normalized spacial score (nSPS) is 18.4. The van der Waals surface area contributed by atoms with Crippen molar-refractivity contribution in [3.8, 4) is 17.2 Å². The van der Waals surface area contributed by atoms with E-state index < -0.39 is 29.6 Å². The smallest absolute Gasteiger partial charge is 0.381 e. The van der Waals surface area contributed by atoms with Gasteiger partial charge >= 0.3 is 11.4 Å². The molecule has 0 spiro atoms. The largest absolute Gasteiger partial charge is 0.438 e. The summed E-state index contributed by atoms with van der Waals surface area (Å²) in [5.74, 6) is -0.0364. The Morgan fingerprint density at radius 2 is 1.68 bits per heavy atom. The zero-order valence-electron chi connectivity index (χ0n) is 38.8. The van der Waals surface area contributed by atoms with Crippen molar-refractivity contribution in [3.63, 3.8) is 0 Å². The zero-order valence-corrected chi connectivity index (χ0v) is 39.7. The molecule has 1 saturated heterocycles. The van der Waals surface area contributed by atoms with Gasteiger partial charge in [0, 0.05) is 65.5 Å². The molecular formula is C50H56FN8O6P. The van der Waals surface area contributed by atoms with Crippen LogP contribution in [-0.4, -0.2) is 76.0 Å². The minimum Gasteiger partial charge on any atom is -0.381 e. The fraction of sp³-hybridized carbons (Fsp3) is 0.420. The van der Waals surface area contributed by atoms with Gasteiger partial charge in [-0.05, 0) is 136 Å². The lowest BCUT2D eigenvalue weighted by atomic mass is 9.91. The van der Waals surface area contributed by atoms with Gasteiger partial charge in [-0.25, -0.2) is 18.7 Å². The highest BCUT2D eigenvalue weighted by Gasteiger charge is 2.52. The van der Waals surface area contributed by atoms with Crippen LogP contribution in [0.25, 0.3) is 28.1 Å². The number of hydrogen-bond donors (Lipinski definition) is 1.